The molecule has 0 amide bonds. The molecule has 1 unspecified atom stereocenters. The van der Waals surface area contributed by atoms with Gasteiger partial charge in [0.05, 0.1) is 17.9 Å². The zero-order valence-corrected chi connectivity index (χ0v) is 12.1. The molecule has 1 saturated heterocycles. The lowest BCUT2D eigenvalue weighted by Crippen LogP contribution is -2.48. The normalized spacial score (nSPS) is 21.6. The van der Waals surface area contributed by atoms with Gasteiger partial charge in [-0.15, -0.1) is 0 Å². The van der Waals surface area contributed by atoms with E-state index in [0.717, 1.165) is 5.56 Å². The van der Waals surface area contributed by atoms with Gasteiger partial charge in [0.2, 0.25) is 0 Å². The summed E-state index contributed by atoms with van der Waals surface area (Å²) in [5.74, 6) is -1.14. The highest BCUT2D eigenvalue weighted by Crippen LogP contribution is 2.18. The van der Waals surface area contributed by atoms with Crippen molar-refractivity contribution in [2.45, 2.75) is 19.0 Å². The second-order valence-corrected chi connectivity index (χ2v) is 7.23. The lowest BCUT2D eigenvalue weighted by molar-refractivity contribution is -0.138. The number of carbonyl (C=O) groups is 1. The van der Waals surface area contributed by atoms with E-state index in [1.54, 1.807) is 12.1 Å². The first-order valence-corrected chi connectivity index (χ1v) is 8.23. The van der Waals surface area contributed by atoms with Gasteiger partial charge in [0.25, 0.3) is 0 Å². The molecule has 1 aliphatic heterocycles. The van der Waals surface area contributed by atoms with Crippen molar-refractivity contribution in [2.24, 2.45) is 0 Å². The Bertz CT molecular complexity index is 681. The van der Waals surface area contributed by atoms with Crippen molar-refractivity contribution >= 4 is 15.8 Å². The molecule has 1 aromatic rings. The van der Waals surface area contributed by atoms with E-state index < -0.39 is 21.8 Å². The number of hydrogen-bond acceptors (Lipinski definition) is 6. The van der Waals surface area contributed by atoms with Crippen LogP contribution in [0.2, 0.25) is 0 Å². The molecule has 0 radical (unpaired) electrons. The standard InChI is InChI=1S/C13H15N3O4S/c14-7-11-5-10(1-2-15-11)8-16-3-4-21(19,20)9-12(16)6-13(17)18/h1-2,5,12H,3-4,6,8-9H2,(H,17,18). The van der Waals surface area contributed by atoms with Crippen LogP contribution in [0.5, 0.6) is 0 Å². The molecule has 2 heterocycles. The molecule has 0 bridgehead atoms. The molecule has 0 aromatic carbocycles. The molecule has 1 aliphatic rings. The number of nitrogens with zero attached hydrogens (tertiary/aromatic N) is 3. The quantitative estimate of drug-likeness (QED) is 0.835. The zero-order chi connectivity index (χ0) is 15.5. The van der Waals surface area contributed by atoms with Crippen LogP contribution in [0, 0.1) is 11.3 Å². The van der Waals surface area contributed by atoms with E-state index in [-0.39, 0.29) is 23.6 Å². The number of carboxylic acid groups (broad SMARTS) is 1. The van der Waals surface area contributed by atoms with Gasteiger partial charge in [0.15, 0.2) is 9.84 Å². The lowest BCUT2D eigenvalue weighted by Gasteiger charge is -2.34. The van der Waals surface area contributed by atoms with Crippen molar-refractivity contribution in [2.75, 3.05) is 18.1 Å². The molecule has 0 spiro atoms. The molecule has 1 N–H and O–H groups in total. The first-order chi connectivity index (χ1) is 9.89. The Morgan fingerprint density at radius 3 is 3.00 bits per heavy atom. The topological polar surface area (TPSA) is 111 Å². The Kier molecular flexibility index (Phi) is 4.55. The van der Waals surface area contributed by atoms with Crippen LogP contribution in [0.4, 0.5) is 0 Å². The smallest absolute Gasteiger partial charge is 0.304 e. The number of aromatic nitrogens is 1. The van der Waals surface area contributed by atoms with Crippen molar-refractivity contribution < 1.29 is 18.3 Å². The maximum absolute atomic E-state index is 11.7. The minimum absolute atomic E-state index is 0.0271. The van der Waals surface area contributed by atoms with Crippen LogP contribution in [0.1, 0.15) is 17.7 Å². The molecule has 0 aliphatic carbocycles. The average molecular weight is 309 g/mol. The van der Waals surface area contributed by atoms with Crippen LogP contribution in [-0.4, -0.2) is 53.5 Å². The Hall–Kier alpha value is -1.98. The number of aliphatic carboxylic acids is 1. The van der Waals surface area contributed by atoms with Gasteiger partial charge in [-0.2, -0.15) is 5.26 Å². The molecule has 7 nitrogen and oxygen atoms in total. The summed E-state index contributed by atoms with van der Waals surface area (Å²) < 4.78 is 23.3. The van der Waals surface area contributed by atoms with E-state index in [1.807, 2.05) is 11.0 Å². The third-order valence-corrected chi connectivity index (χ3v) is 5.08. The molecule has 0 saturated carbocycles. The van der Waals surface area contributed by atoms with Gasteiger partial charge in [-0.3, -0.25) is 9.69 Å². The van der Waals surface area contributed by atoms with Gasteiger partial charge in [-0.25, -0.2) is 13.4 Å². The summed E-state index contributed by atoms with van der Waals surface area (Å²) >= 11 is 0. The van der Waals surface area contributed by atoms with Gasteiger partial charge in [-0.1, -0.05) is 0 Å². The van der Waals surface area contributed by atoms with Crippen LogP contribution in [0.15, 0.2) is 18.3 Å². The molecular weight excluding hydrogens is 294 g/mol. The van der Waals surface area contributed by atoms with Crippen molar-refractivity contribution in [3.05, 3.63) is 29.6 Å². The van der Waals surface area contributed by atoms with Crippen molar-refractivity contribution in [3.63, 3.8) is 0 Å². The fourth-order valence-electron chi connectivity index (χ4n) is 2.39. The predicted octanol–water partition coefficient (Wildman–Crippen LogP) is 0.0270. The fraction of sp³-hybridized carbons (Fsp3) is 0.462. The number of carboxylic acids is 1. The third-order valence-electron chi connectivity index (χ3n) is 3.39. The van der Waals surface area contributed by atoms with E-state index in [4.69, 9.17) is 10.4 Å². The van der Waals surface area contributed by atoms with Gasteiger partial charge in [0.1, 0.15) is 11.8 Å². The number of pyridine rings is 1. The van der Waals surface area contributed by atoms with Crippen LogP contribution in [-0.2, 0) is 21.2 Å². The third kappa shape index (κ3) is 4.24. The average Bonchev–Trinajstić information content (AvgIpc) is 2.41. The molecule has 1 aromatic heterocycles. The van der Waals surface area contributed by atoms with Crippen molar-refractivity contribution in [1.29, 1.82) is 5.26 Å². The molecule has 21 heavy (non-hydrogen) atoms. The van der Waals surface area contributed by atoms with Crippen LogP contribution in [0.25, 0.3) is 0 Å². The summed E-state index contributed by atoms with van der Waals surface area (Å²) in [5, 5.41) is 17.8. The highest BCUT2D eigenvalue weighted by molar-refractivity contribution is 7.91. The monoisotopic (exact) mass is 309 g/mol. The number of hydrogen-bond donors (Lipinski definition) is 1. The van der Waals surface area contributed by atoms with Gasteiger partial charge < -0.3 is 5.11 Å². The van der Waals surface area contributed by atoms with Crippen molar-refractivity contribution in [1.82, 2.24) is 9.88 Å². The first-order valence-electron chi connectivity index (χ1n) is 6.41. The van der Waals surface area contributed by atoms with E-state index in [1.165, 1.54) is 6.20 Å². The van der Waals surface area contributed by atoms with Crippen LogP contribution < -0.4 is 0 Å². The first kappa shape index (κ1) is 15.4. The largest absolute Gasteiger partial charge is 0.481 e. The highest BCUT2D eigenvalue weighted by atomic mass is 32.2. The molecular formula is C13H15N3O4S. The van der Waals surface area contributed by atoms with E-state index in [0.29, 0.717) is 13.1 Å². The highest BCUT2D eigenvalue weighted by Gasteiger charge is 2.32. The summed E-state index contributed by atoms with van der Waals surface area (Å²) in [4.78, 5) is 16.6. The fourth-order valence-corrected chi connectivity index (χ4v) is 3.98. The summed E-state index contributed by atoms with van der Waals surface area (Å²) in [6.07, 6.45) is 1.30. The van der Waals surface area contributed by atoms with Gasteiger partial charge in [0, 0.05) is 25.3 Å². The number of sulfone groups is 1. The maximum Gasteiger partial charge on any atom is 0.304 e. The van der Waals surface area contributed by atoms with E-state index in [9.17, 15) is 13.2 Å². The van der Waals surface area contributed by atoms with Gasteiger partial charge >= 0.3 is 5.97 Å². The summed E-state index contributed by atoms with van der Waals surface area (Å²) in [6, 6.07) is 4.76. The summed E-state index contributed by atoms with van der Waals surface area (Å²) in [7, 11) is -3.19. The Morgan fingerprint density at radius 1 is 1.57 bits per heavy atom. The van der Waals surface area contributed by atoms with E-state index in [2.05, 4.69) is 4.98 Å². The SMILES string of the molecule is N#Cc1cc(CN2CCS(=O)(=O)CC2CC(=O)O)ccn1. The Morgan fingerprint density at radius 2 is 2.33 bits per heavy atom. The second-order valence-electron chi connectivity index (χ2n) is 5.00. The maximum atomic E-state index is 11.7. The minimum Gasteiger partial charge on any atom is -0.481 e. The Balaban J connectivity index is 2.16. The predicted molar refractivity (Wildman–Crippen MR) is 74.1 cm³/mol. The van der Waals surface area contributed by atoms with E-state index >= 15 is 0 Å². The molecule has 1 fully saturated rings. The zero-order valence-electron chi connectivity index (χ0n) is 11.3. The molecule has 112 valence electrons. The second kappa shape index (κ2) is 6.20. The number of nitriles is 1. The van der Waals surface area contributed by atoms with Gasteiger partial charge in [-0.05, 0) is 17.7 Å². The minimum atomic E-state index is -3.19. The summed E-state index contributed by atoms with van der Waals surface area (Å²) in [5.41, 5.74) is 1.10. The van der Waals surface area contributed by atoms with Crippen molar-refractivity contribution in [3.8, 4) is 6.07 Å². The summed E-state index contributed by atoms with van der Waals surface area (Å²) in [6.45, 7) is 0.704. The van der Waals surface area contributed by atoms with Crippen LogP contribution >= 0.6 is 0 Å². The molecule has 8 heteroatoms. The van der Waals surface area contributed by atoms with Crippen LogP contribution in [0.3, 0.4) is 0 Å². The lowest BCUT2D eigenvalue weighted by atomic mass is 10.1. The Labute approximate surface area is 122 Å². The molecule has 2 rings (SSSR count). The molecule has 1 atom stereocenters. The number of rotatable bonds is 4.